The summed E-state index contributed by atoms with van der Waals surface area (Å²) in [5, 5.41) is 20.0. The molecule has 0 spiro atoms. The van der Waals surface area contributed by atoms with E-state index in [1.54, 1.807) is 0 Å². The number of ether oxygens (including phenoxy) is 2. The van der Waals surface area contributed by atoms with Crippen LogP contribution in [0.3, 0.4) is 0 Å². The van der Waals surface area contributed by atoms with Crippen molar-refractivity contribution in [1.29, 1.82) is 0 Å². The molecule has 2 unspecified atom stereocenters. The highest BCUT2D eigenvalue weighted by Gasteiger charge is 2.34. The fourth-order valence-corrected chi connectivity index (χ4v) is 3.66. The molecule has 1 fully saturated rings. The molecule has 1 aromatic rings. The summed E-state index contributed by atoms with van der Waals surface area (Å²) in [6.45, 7) is 2.00. The summed E-state index contributed by atoms with van der Waals surface area (Å²) in [6, 6.07) is 3.32. The molecule has 0 bridgehead atoms. The number of phenols is 2. The first-order valence-electron chi connectivity index (χ1n) is 8.17. The van der Waals surface area contributed by atoms with Crippen LogP contribution >= 0.6 is 0 Å². The molecule has 1 aromatic carbocycles. The van der Waals surface area contributed by atoms with Crippen LogP contribution in [0.25, 0.3) is 0 Å². The van der Waals surface area contributed by atoms with Gasteiger partial charge >= 0.3 is 0 Å². The Morgan fingerprint density at radius 3 is 2.55 bits per heavy atom. The fraction of sp³-hybridized carbons (Fsp3) is 0.647. The Kier molecular flexibility index (Phi) is 4.86. The number of hydrogen-bond acceptors (Lipinski definition) is 5. The van der Waals surface area contributed by atoms with Crippen LogP contribution in [0.1, 0.15) is 42.9 Å². The number of rotatable bonds is 2. The SMILES string of the molecule is NCC1OC(C2CCCOCCC2)Cc2c1ccc(O)c2O. The van der Waals surface area contributed by atoms with Gasteiger partial charge < -0.3 is 25.4 Å². The van der Waals surface area contributed by atoms with Crippen molar-refractivity contribution >= 4 is 0 Å². The first kappa shape index (κ1) is 15.6. The summed E-state index contributed by atoms with van der Waals surface area (Å²) >= 11 is 0. The van der Waals surface area contributed by atoms with Gasteiger partial charge in [0.25, 0.3) is 0 Å². The van der Waals surface area contributed by atoms with E-state index in [1.807, 2.05) is 6.07 Å². The first-order chi connectivity index (χ1) is 10.7. The Morgan fingerprint density at radius 2 is 1.86 bits per heavy atom. The quantitative estimate of drug-likeness (QED) is 0.730. The van der Waals surface area contributed by atoms with Gasteiger partial charge in [0.2, 0.25) is 0 Å². The lowest BCUT2D eigenvalue weighted by Gasteiger charge is -2.37. The van der Waals surface area contributed by atoms with E-state index in [2.05, 4.69) is 0 Å². The van der Waals surface area contributed by atoms with Crippen LogP contribution in [-0.4, -0.2) is 36.1 Å². The molecule has 0 saturated carbocycles. The number of nitrogens with two attached hydrogens (primary N) is 1. The van der Waals surface area contributed by atoms with Gasteiger partial charge in [0.05, 0.1) is 12.2 Å². The summed E-state index contributed by atoms with van der Waals surface area (Å²) < 4.78 is 11.7. The van der Waals surface area contributed by atoms with E-state index in [9.17, 15) is 10.2 Å². The molecule has 1 saturated heterocycles. The summed E-state index contributed by atoms with van der Waals surface area (Å²) in [5.74, 6) is 0.368. The van der Waals surface area contributed by atoms with Crippen molar-refractivity contribution in [3.8, 4) is 11.5 Å². The lowest BCUT2D eigenvalue weighted by Crippen LogP contribution is -2.36. The molecule has 2 heterocycles. The molecule has 3 rings (SSSR count). The Balaban J connectivity index is 1.84. The maximum atomic E-state index is 10.2. The molecule has 2 aliphatic heterocycles. The standard InChI is InChI=1S/C17H25NO4/c18-10-16-12-5-6-14(19)17(20)13(12)9-15(22-16)11-3-1-7-21-8-2-4-11/h5-6,11,15-16,19-20H,1-4,7-10,18H2. The van der Waals surface area contributed by atoms with Crippen molar-refractivity contribution in [2.75, 3.05) is 19.8 Å². The average Bonchev–Trinajstić information content (AvgIpc) is 2.50. The topological polar surface area (TPSA) is 84.9 Å². The highest BCUT2D eigenvalue weighted by atomic mass is 16.5. The fourth-order valence-electron chi connectivity index (χ4n) is 3.66. The van der Waals surface area contributed by atoms with Crippen molar-refractivity contribution in [3.05, 3.63) is 23.3 Å². The van der Waals surface area contributed by atoms with Gasteiger partial charge in [0.15, 0.2) is 11.5 Å². The van der Waals surface area contributed by atoms with Crippen LogP contribution in [0.15, 0.2) is 12.1 Å². The van der Waals surface area contributed by atoms with E-state index in [0.717, 1.165) is 50.0 Å². The normalized spacial score (nSPS) is 27.0. The third-order valence-corrected chi connectivity index (χ3v) is 4.86. The molecule has 5 heteroatoms. The van der Waals surface area contributed by atoms with Crippen LogP contribution in [0.4, 0.5) is 0 Å². The number of benzene rings is 1. The summed E-state index contributed by atoms with van der Waals surface area (Å²) in [7, 11) is 0. The van der Waals surface area contributed by atoms with Crippen molar-refractivity contribution in [2.24, 2.45) is 11.7 Å². The van der Waals surface area contributed by atoms with Crippen molar-refractivity contribution in [3.63, 3.8) is 0 Å². The molecule has 122 valence electrons. The van der Waals surface area contributed by atoms with E-state index in [0.29, 0.717) is 18.9 Å². The minimum absolute atomic E-state index is 0.0153. The lowest BCUT2D eigenvalue weighted by molar-refractivity contribution is -0.0616. The maximum absolute atomic E-state index is 10.2. The molecule has 0 aromatic heterocycles. The largest absolute Gasteiger partial charge is 0.504 e. The monoisotopic (exact) mass is 307 g/mol. The molecule has 22 heavy (non-hydrogen) atoms. The maximum Gasteiger partial charge on any atom is 0.161 e. The van der Waals surface area contributed by atoms with Gasteiger partial charge in [0, 0.05) is 31.7 Å². The van der Waals surface area contributed by atoms with Gasteiger partial charge in [0.1, 0.15) is 0 Å². The molecule has 2 atom stereocenters. The van der Waals surface area contributed by atoms with Crippen molar-refractivity contribution in [2.45, 2.75) is 44.3 Å². The zero-order valence-corrected chi connectivity index (χ0v) is 12.8. The Morgan fingerprint density at radius 1 is 1.14 bits per heavy atom. The van der Waals surface area contributed by atoms with Crippen molar-refractivity contribution in [1.82, 2.24) is 0 Å². The highest BCUT2D eigenvalue weighted by Crippen LogP contribution is 2.42. The minimum Gasteiger partial charge on any atom is -0.504 e. The van der Waals surface area contributed by atoms with E-state index in [4.69, 9.17) is 15.2 Å². The Hall–Kier alpha value is -1.30. The molecular weight excluding hydrogens is 282 g/mol. The average molecular weight is 307 g/mol. The van der Waals surface area contributed by atoms with E-state index >= 15 is 0 Å². The molecule has 0 amide bonds. The second-order valence-electron chi connectivity index (χ2n) is 6.26. The summed E-state index contributed by atoms with van der Waals surface area (Å²) in [5.41, 5.74) is 7.57. The third-order valence-electron chi connectivity index (χ3n) is 4.86. The third kappa shape index (κ3) is 3.07. The molecule has 5 nitrogen and oxygen atoms in total. The van der Waals surface area contributed by atoms with Crippen molar-refractivity contribution < 1.29 is 19.7 Å². The van der Waals surface area contributed by atoms with E-state index < -0.39 is 0 Å². The van der Waals surface area contributed by atoms with Gasteiger partial charge in [-0.15, -0.1) is 0 Å². The number of fused-ring (bicyclic) bond motifs is 1. The van der Waals surface area contributed by atoms with Gasteiger partial charge in [-0.2, -0.15) is 0 Å². The van der Waals surface area contributed by atoms with Gasteiger partial charge in [-0.25, -0.2) is 0 Å². The van der Waals surface area contributed by atoms with E-state index in [1.165, 1.54) is 6.07 Å². The van der Waals surface area contributed by atoms with Gasteiger partial charge in [-0.05, 0) is 43.2 Å². The van der Waals surface area contributed by atoms with Gasteiger partial charge in [-0.3, -0.25) is 0 Å². The second-order valence-corrected chi connectivity index (χ2v) is 6.26. The van der Waals surface area contributed by atoms with Gasteiger partial charge in [-0.1, -0.05) is 6.07 Å². The summed E-state index contributed by atoms with van der Waals surface area (Å²) in [6.07, 6.45) is 4.69. The highest BCUT2D eigenvalue weighted by molar-refractivity contribution is 5.51. The lowest BCUT2D eigenvalue weighted by atomic mass is 9.83. The predicted octanol–water partition coefficient (Wildman–Crippen LogP) is 2.25. The zero-order chi connectivity index (χ0) is 15.5. The first-order valence-corrected chi connectivity index (χ1v) is 8.17. The molecule has 4 N–H and O–H groups in total. The van der Waals surface area contributed by atoms with E-state index in [-0.39, 0.29) is 23.7 Å². The van der Waals surface area contributed by atoms with Crippen LogP contribution in [-0.2, 0) is 15.9 Å². The number of aromatic hydroxyl groups is 2. The van der Waals surface area contributed by atoms with Crippen LogP contribution < -0.4 is 5.73 Å². The molecule has 0 radical (unpaired) electrons. The van der Waals surface area contributed by atoms with Crippen LogP contribution in [0, 0.1) is 5.92 Å². The Bertz CT molecular complexity index is 512. The van der Waals surface area contributed by atoms with Crippen LogP contribution in [0.5, 0.6) is 11.5 Å². The molecular formula is C17H25NO4. The van der Waals surface area contributed by atoms with Crippen LogP contribution in [0.2, 0.25) is 0 Å². The second kappa shape index (κ2) is 6.86. The molecule has 0 aliphatic carbocycles. The summed E-state index contributed by atoms with van der Waals surface area (Å²) in [4.78, 5) is 0. The zero-order valence-electron chi connectivity index (χ0n) is 12.8. The molecule has 2 aliphatic rings. The minimum atomic E-state index is -0.207. The Labute approximate surface area is 131 Å². The number of phenolic OH excluding ortho intramolecular Hbond substituents is 2. The smallest absolute Gasteiger partial charge is 0.161 e. The number of hydrogen-bond donors (Lipinski definition) is 3. The predicted molar refractivity (Wildman–Crippen MR) is 82.9 cm³/mol.